The number of aromatic amines is 1. The number of hydrogen-bond acceptors (Lipinski definition) is 3. The molecule has 0 unspecified atom stereocenters. The van der Waals surface area contributed by atoms with E-state index >= 15 is 0 Å². The van der Waals surface area contributed by atoms with Crippen LogP contribution in [0.1, 0.15) is 17.6 Å². The largest absolute Gasteiger partial charge is 0.391 e. The zero-order valence-corrected chi connectivity index (χ0v) is 6.55. The van der Waals surface area contributed by atoms with Gasteiger partial charge in [-0.1, -0.05) is 0 Å². The zero-order valence-electron chi connectivity index (χ0n) is 6.55. The molecule has 0 fully saturated rings. The third-order valence-corrected chi connectivity index (χ3v) is 1.59. The third-order valence-electron chi connectivity index (χ3n) is 1.59. The van der Waals surface area contributed by atoms with Crippen LogP contribution in [0, 0.1) is 0 Å². The second-order valence-corrected chi connectivity index (χ2v) is 2.45. The maximum absolute atomic E-state index is 12.2. The Labute approximate surface area is 72.0 Å². The van der Waals surface area contributed by atoms with Crippen LogP contribution in [0.25, 0.3) is 0 Å². The first-order chi connectivity index (χ1) is 6.06. The highest BCUT2D eigenvalue weighted by molar-refractivity contribution is 5.41. The van der Waals surface area contributed by atoms with E-state index in [-0.39, 0.29) is 11.4 Å². The van der Waals surface area contributed by atoms with E-state index in [1.54, 1.807) is 0 Å². The van der Waals surface area contributed by atoms with Gasteiger partial charge in [0.15, 0.2) is 0 Å². The number of nitrogens with one attached hydrogen (secondary N) is 1. The number of nitrogen functional groups attached to an aromatic ring is 1. The summed E-state index contributed by atoms with van der Waals surface area (Å²) in [6, 6.07) is 0.902. The van der Waals surface area contributed by atoms with Crippen LogP contribution in [0.15, 0.2) is 10.9 Å². The van der Waals surface area contributed by atoms with Crippen molar-refractivity contribution in [3.63, 3.8) is 0 Å². The molecule has 4 nitrogen and oxygen atoms in total. The van der Waals surface area contributed by atoms with E-state index in [0.717, 1.165) is 6.07 Å². The summed E-state index contributed by atoms with van der Waals surface area (Å²) in [6.07, 6.45) is -2.76. The van der Waals surface area contributed by atoms with Crippen molar-refractivity contribution in [2.24, 2.45) is 0 Å². The quantitative estimate of drug-likeness (QED) is 0.631. The molecule has 13 heavy (non-hydrogen) atoms. The molecule has 0 amide bonds. The molecule has 0 aliphatic carbocycles. The van der Waals surface area contributed by atoms with Gasteiger partial charge in [-0.2, -0.15) is 0 Å². The van der Waals surface area contributed by atoms with Crippen LogP contribution < -0.4 is 11.3 Å². The van der Waals surface area contributed by atoms with Crippen LogP contribution in [0.3, 0.4) is 0 Å². The highest BCUT2D eigenvalue weighted by Crippen LogP contribution is 2.22. The Hall–Kier alpha value is -1.43. The van der Waals surface area contributed by atoms with E-state index in [4.69, 9.17) is 10.8 Å². The first kappa shape index (κ1) is 9.66. The number of aliphatic hydroxyl groups is 1. The summed E-state index contributed by atoms with van der Waals surface area (Å²) in [5.41, 5.74) is 3.89. The lowest BCUT2D eigenvalue weighted by Crippen LogP contribution is -2.16. The molecular formula is C7H8F2N2O2. The van der Waals surface area contributed by atoms with Gasteiger partial charge in [0.05, 0.1) is 12.2 Å². The Morgan fingerprint density at radius 2 is 2.23 bits per heavy atom. The molecule has 0 bridgehead atoms. The van der Waals surface area contributed by atoms with Crippen molar-refractivity contribution in [3.05, 3.63) is 27.5 Å². The van der Waals surface area contributed by atoms with E-state index in [9.17, 15) is 13.6 Å². The van der Waals surface area contributed by atoms with Crippen LogP contribution in [0.2, 0.25) is 0 Å². The lowest BCUT2D eigenvalue weighted by molar-refractivity contribution is 0.151. The number of pyridine rings is 1. The number of halogens is 2. The lowest BCUT2D eigenvalue weighted by Gasteiger charge is -2.05. The topological polar surface area (TPSA) is 79.1 Å². The molecule has 1 aromatic heterocycles. The Morgan fingerprint density at radius 3 is 2.69 bits per heavy atom. The average Bonchev–Trinajstić information content (AvgIpc) is 2.03. The molecule has 0 atom stereocenters. The molecule has 1 rings (SSSR count). The average molecular weight is 190 g/mol. The predicted octanol–water partition coefficient (Wildman–Crippen LogP) is 0.387. The van der Waals surface area contributed by atoms with E-state index in [1.807, 2.05) is 4.98 Å². The number of aliphatic hydroxyl groups excluding tert-OH is 1. The summed E-state index contributed by atoms with van der Waals surface area (Å²) < 4.78 is 24.4. The summed E-state index contributed by atoms with van der Waals surface area (Å²) in [5, 5.41) is 8.61. The van der Waals surface area contributed by atoms with Crippen LogP contribution in [-0.2, 0) is 6.61 Å². The molecule has 4 N–H and O–H groups in total. The molecule has 0 aromatic carbocycles. The Bertz CT molecular complexity index is 362. The molecule has 0 radical (unpaired) electrons. The van der Waals surface area contributed by atoms with Crippen molar-refractivity contribution >= 4 is 5.82 Å². The third kappa shape index (κ3) is 1.83. The van der Waals surface area contributed by atoms with Crippen LogP contribution in [0.5, 0.6) is 0 Å². The maximum Gasteiger partial charge on any atom is 0.267 e. The summed E-state index contributed by atoms with van der Waals surface area (Å²) in [4.78, 5) is 12.9. The molecule has 0 spiro atoms. The van der Waals surface area contributed by atoms with Gasteiger partial charge in [0, 0.05) is 5.56 Å². The Kier molecular flexibility index (Phi) is 2.62. The van der Waals surface area contributed by atoms with Gasteiger partial charge in [-0.15, -0.1) is 0 Å². The van der Waals surface area contributed by atoms with E-state index < -0.39 is 24.2 Å². The number of H-pyrrole nitrogens is 1. The minimum atomic E-state index is -2.76. The van der Waals surface area contributed by atoms with Gasteiger partial charge in [0.25, 0.3) is 12.0 Å². The minimum absolute atomic E-state index is 0.121. The predicted molar refractivity (Wildman–Crippen MR) is 42.4 cm³/mol. The van der Waals surface area contributed by atoms with Crippen molar-refractivity contribution in [3.8, 4) is 0 Å². The number of aromatic nitrogens is 1. The minimum Gasteiger partial charge on any atom is -0.391 e. The highest BCUT2D eigenvalue weighted by atomic mass is 19.3. The van der Waals surface area contributed by atoms with Gasteiger partial charge in [-0.05, 0) is 6.07 Å². The molecule has 0 aliphatic rings. The van der Waals surface area contributed by atoms with Crippen LogP contribution >= 0.6 is 0 Å². The molecule has 72 valence electrons. The van der Waals surface area contributed by atoms with Gasteiger partial charge in [-0.25, -0.2) is 8.78 Å². The van der Waals surface area contributed by atoms with Gasteiger partial charge in [0.1, 0.15) is 5.82 Å². The van der Waals surface area contributed by atoms with Crippen molar-refractivity contribution in [2.45, 2.75) is 13.0 Å². The maximum atomic E-state index is 12.2. The Morgan fingerprint density at radius 1 is 1.62 bits per heavy atom. The fourth-order valence-electron chi connectivity index (χ4n) is 0.904. The SMILES string of the molecule is Nc1[nH]c(=O)c(CO)cc1C(F)F. The standard InChI is InChI=1S/C7H8F2N2O2/c8-5(9)4-1-3(2-12)7(13)11-6(4)10/h1,5,12H,2H2,(H3,10,11,13). The first-order valence-electron chi connectivity index (χ1n) is 3.47. The van der Waals surface area contributed by atoms with Gasteiger partial charge in [-0.3, -0.25) is 4.79 Å². The molecule has 0 saturated carbocycles. The zero-order chi connectivity index (χ0) is 10.0. The number of anilines is 1. The van der Waals surface area contributed by atoms with Crippen molar-refractivity contribution in [1.82, 2.24) is 4.98 Å². The van der Waals surface area contributed by atoms with Crippen molar-refractivity contribution < 1.29 is 13.9 Å². The normalized spacial score (nSPS) is 10.8. The van der Waals surface area contributed by atoms with Crippen LogP contribution in [0.4, 0.5) is 14.6 Å². The number of hydrogen-bond donors (Lipinski definition) is 3. The van der Waals surface area contributed by atoms with Gasteiger partial charge < -0.3 is 15.8 Å². The highest BCUT2D eigenvalue weighted by Gasteiger charge is 2.13. The second-order valence-electron chi connectivity index (χ2n) is 2.45. The van der Waals surface area contributed by atoms with Crippen molar-refractivity contribution in [2.75, 3.05) is 5.73 Å². The summed E-state index contributed by atoms with van der Waals surface area (Å²) in [6.45, 7) is -0.588. The summed E-state index contributed by atoms with van der Waals surface area (Å²) in [5.74, 6) is -0.364. The fraction of sp³-hybridized carbons (Fsp3) is 0.286. The Balaban J connectivity index is 3.31. The monoisotopic (exact) mass is 190 g/mol. The van der Waals surface area contributed by atoms with E-state index in [2.05, 4.69) is 0 Å². The fourth-order valence-corrected chi connectivity index (χ4v) is 0.904. The second kappa shape index (κ2) is 3.53. The van der Waals surface area contributed by atoms with Gasteiger partial charge in [0.2, 0.25) is 0 Å². The molecular weight excluding hydrogens is 182 g/mol. The van der Waals surface area contributed by atoms with Crippen LogP contribution in [-0.4, -0.2) is 10.1 Å². The summed E-state index contributed by atoms with van der Waals surface area (Å²) >= 11 is 0. The molecule has 6 heteroatoms. The van der Waals surface area contributed by atoms with E-state index in [1.165, 1.54) is 0 Å². The smallest absolute Gasteiger partial charge is 0.267 e. The molecule has 1 aromatic rings. The molecule has 1 heterocycles. The summed E-state index contributed by atoms with van der Waals surface area (Å²) in [7, 11) is 0. The van der Waals surface area contributed by atoms with E-state index in [0.29, 0.717) is 0 Å². The lowest BCUT2D eigenvalue weighted by atomic mass is 10.2. The van der Waals surface area contributed by atoms with Crippen molar-refractivity contribution in [1.29, 1.82) is 0 Å². The molecule has 0 aliphatic heterocycles. The first-order valence-corrected chi connectivity index (χ1v) is 3.47. The number of rotatable bonds is 2. The number of alkyl halides is 2. The molecule has 0 saturated heterocycles. The number of nitrogens with two attached hydrogens (primary N) is 1. The van der Waals surface area contributed by atoms with Gasteiger partial charge >= 0.3 is 0 Å².